The Bertz CT molecular complexity index is 757. The maximum Gasteiger partial charge on any atom is 0.232 e. The molecule has 25 heavy (non-hydrogen) atoms. The molecule has 8 heteroatoms. The summed E-state index contributed by atoms with van der Waals surface area (Å²) in [5.74, 6) is -0.448. The largest absolute Gasteiger partial charge is 0.425 e. The van der Waals surface area contributed by atoms with Crippen molar-refractivity contribution in [2.75, 3.05) is 26.2 Å². The normalized spacial score (nSPS) is 16.9. The molecule has 0 aliphatic carbocycles. The molecule has 1 fully saturated rings. The molecular weight excluding hydrogens is 330 g/mol. The van der Waals surface area contributed by atoms with E-state index in [1.807, 2.05) is 6.92 Å². The summed E-state index contributed by atoms with van der Waals surface area (Å²) in [7, 11) is 0. The van der Waals surface area contributed by atoms with E-state index in [4.69, 9.17) is 4.42 Å². The van der Waals surface area contributed by atoms with E-state index in [1.54, 1.807) is 11.8 Å². The molecule has 1 amide bonds. The molecule has 1 aliphatic heterocycles. The number of amides is 1. The lowest BCUT2D eigenvalue weighted by Gasteiger charge is -2.38. The Labute approximate surface area is 144 Å². The van der Waals surface area contributed by atoms with Gasteiger partial charge in [0.1, 0.15) is 18.1 Å². The topological polar surface area (TPSA) is 62.5 Å². The van der Waals surface area contributed by atoms with E-state index >= 15 is 0 Å². The lowest BCUT2D eigenvalue weighted by atomic mass is 10.1. The fourth-order valence-corrected chi connectivity index (χ4v) is 3.05. The van der Waals surface area contributed by atoms with Gasteiger partial charge in [0.25, 0.3) is 0 Å². The van der Waals surface area contributed by atoms with E-state index in [1.165, 1.54) is 12.1 Å². The lowest BCUT2D eigenvalue weighted by molar-refractivity contribution is -0.132. The zero-order valence-corrected chi connectivity index (χ0v) is 14.2. The average Bonchev–Trinajstić information content (AvgIpc) is 2.99. The van der Waals surface area contributed by atoms with Crippen molar-refractivity contribution in [1.29, 1.82) is 0 Å². The van der Waals surface area contributed by atoms with Gasteiger partial charge in [-0.05, 0) is 13.0 Å². The number of rotatable bonds is 4. The first-order chi connectivity index (χ1) is 11.9. The van der Waals surface area contributed by atoms with Crippen molar-refractivity contribution in [1.82, 2.24) is 20.0 Å². The number of aryl methyl sites for hydroxylation is 1. The predicted molar refractivity (Wildman–Crippen MR) is 85.7 cm³/mol. The highest BCUT2D eigenvalue weighted by atomic mass is 19.1. The first-order valence-corrected chi connectivity index (χ1v) is 8.20. The van der Waals surface area contributed by atoms with Crippen LogP contribution in [0.15, 0.2) is 22.6 Å². The van der Waals surface area contributed by atoms with Crippen LogP contribution in [-0.4, -0.2) is 52.1 Å². The number of piperazine rings is 1. The molecule has 1 saturated heterocycles. The molecule has 6 nitrogen and oxygen atoms in total. The van der Waals surface area contributed by atoms with Crippen molar-refractivity contribution >= 4 is 5.91 Å². The SMILES string of the molecule is Cc1nnc(CC(=O)N2CCN(C(C)c3ccc(F)cc3F)CC2)o1. The Balaban J connectivity index is 1.56. The third kappa shape index (κ3) is 4.01. The van der Waals surface area contributed by atoms with Crippen molar-refractivity contribution < 1.29 is 18.0 Å². The number of halogens is 2. The second-order valence-electron chi connectivity index (χ2n) is 6.15. The minimum atomic E-state index is -0.583. The Kier molecular flexibility index (Phi) is 5.08. The van der Waals surface area contributed by atoms with Gasteiger partial charge in [-0.15, -0.1) is 10.2 Å². The number of carbonyl (C=O) groups is 1. The van der Waals surface area contributed by atoms with Crippen LogP contribution in [0.25, 0.3) is 0 Å². The summed E-state index contributed by atoms with van der Waals surface area (Å²) in [6, 6.07) is 3.46. The highest BCUT2D eigenvalue weighted by molar-refractivity contribution is 5.77. The molecule has 134 valence electrons. The van der Waals surface area contributed by atoms with Crippen LogP contribution in [-0.2, 0) is 11.2 Å². The van der Waals surface area contributed by atoms with Crippen LogP contribution in [0.5, 0.6) is 0 Å². The molecule has 1 atom stereocenters. The molecule has 1 aromatic heterocycles. The van der Waals surface area contributed by atoms with Crippen molar-refractivity contribution in [2.24, 2.45) is 0 Å². The van der Waals surface area contributed by atoms with Gasteiger partial charge in [0.15, 0.2) is 0 Å². The molecule has 2 aromatic rings. The second-order valence-corrected chi connectivity index (χ2v) is 6.15. The average molecular weight is 350 g/mol. The Hall–Kier alpha value is -2.35. The minimum absolute atomic E-state index is 0.0658. The lowest BCUT2D eigenvalue weighted by Crippen LogP contribution is -2.49. The van der Waals surface area contributed by atoms with Gasteiger partial charge in [-0.25, -0.2) is 8.78 Å². The molecule has 1 aliphatic rings. The van der Waals surface area contributed by atoms with Crippen LogP contribution >= 0.6 is 0 Å². The van der Waals surface area contributed by atoms with Gasteiger partial charge in [0, 0.05) is 50.8 Å². The smallest absolute Gasteiger partial charge is 0.232 e. The van der Waals surface area contributed by atoms with Crippen LogP contribution in [0.3, 0.4) is 0 Å². The fraction of sp³-hybridized carbons (Fsp3) is 0.471. The van der Waals surface area contributed by atoms with Gasteiger partial charge in [-0.1, -0.05) is 6.07 Å². The third-order valence-electron chi connectivity index (χ3n) is 4.50. The third-order valence-corrected chi connectivity index (χ3v) is 4.50. The molecule has 1 aromatic carbocycles. The van der Waals surface area contributed by atoms with Crippen molar-refractivity contribution in [2.45, 2.75) is 26.3 Å². The zero-order chi connectivity index (χ0) is 18.0. The summed E-state index contributed by atoms with van der Waals surface area (Å²) >= 11 is 0. The maximum atomic E-state index is 14.0. The van der Waals surface area contributed by atoms with Crippen LogP contribution in [0.2, 0.25) is 0 Å². The van der Waals surface area contributed by atoms with Crippen LogP contribution in [0.1, 0.15) is 30.3 Å². The first kappa shape index (κ1) is 17.5. The van der Waals surface area contributed by atoms with Gasteiger partial charge >= 0.3 is 0 Å². The number of benzene rings is 1. The van der Waals surface area contributed by atoms with Gasteiger partial charge in [0.2, 0.25) is 17.7 Å². The van der Waals surface area contributed by atoms with E-state index < -0.39 is 11.6 Å². The van der Waals surface area contributed by atoms with Crippen molar-refractivity contribution in [3.8, 4) is 0 Å². The second kappa shape index (κ2) is 7.26. The first-order valence-electron chi connectivity index (χ1n) is 8.20. The van der Waals surface area contributed by atoms with Gasteiger partial charge in [0.05, 0.1) is 0 Å². The molecule has 0 spiro atoms. The number of hydrogen-bond donors (Lipinski definition) is 0. The van der Waals surface area contributed by atoms with Crippen molar-refractivity contribution in [3.05, 3.63) is 47.2 Å². The summed E-state index contributed by atoms with van der Waals surface area (Å²) < 4.78 is 32.2. The Morgan fingerprint density at radius 2 is 1.96 bits per heavy atom. The summed E-state index contributed by atoms with van der Waals surface area (Å²) in [4.78, 5) is 16.1. The fourth-order valence-electron chi connectivity index (χ4n) is 3.05. The van der Waals surface area contributed by atoms with Crippen LogP contribution in [0, 0.1) is 18.6 Å². The summed E-state index contributed by atoms with van der Waals surface area (Å²) in [5, 5.41) is 7.54. The molecule has 0 saturated carbocycles. The predicted octanol–water partition coefficient (Wildman–Crippen LogP) is 2.10. The molecule has 0 radical (unpaired) electrons. The van der Waals surface area contributed by atoms with Crippen LogP contribution < -0.4 is 0 Å². The van der Waals surface area contributed by atoms with Gasteiger partial charge in [-0.3, -0.25) is 9.69 Å². The van der Waals surface area contributed by atoms with Gasteiger partial charge in [-0.2, -0.15) is 0 Å². The summed E-state index contributed by atoms with van der Waals surface area (Å²) in [6.07, 6.45) is 0.0863. The summed E-state index contributed by atoms with van der Waals surface area (Å²) in [5.41, 5.74) is 0.461. The molecule has 0 bridgehead atoms. The van der Waals surface area contributed by atoms with E-state index in [9.17, 15) is 13.6 Å². The van der Waals surface area contributed by atoms with E-state index in [0.717, 1.165) is 6.07 Å². The van der Waals surface area contributed by atoms with E-state index in [-0.39, 0.29) is 18.4 Å². The highest BCUT2D eigenvalue weighted by Gasteiger charge is 2.26. The molecule has 3 rings (SSSR count). The van der Waals surface area contributed by atoms with E-state index in [2.05, 4.69) is 15.1 Å². The summed E-state index contributed by atoms with van der Waals surface area (Å²) in [6.45, 7) is 5.88. The van der Waals surface area contributed by atoms with E-state index in [0.29, 0.717) is 43.5 Å². The monoisotopic (exact) mass is 350 g/mol. The molecule has 1 unspecified atom stereocenters. The molecule has 2 heterocycles. The standard InChI is InChI=1S/C17H20F2N4O2/c1-11(14-4-3-13(18)9-15(14)19)22-5-7-23(8-6-22)17(24)10-16-21-20-12(2)25-16/h3-4,9,11H,5-8,10H2,1-2H3. The van der Waals surface area contributed by atoms with Crippen LogP contribution in [0.4, 0.5) is 8.78 Å². The van der Waals surface area contributed by atoms with Crippen molar-refractivity contribution in [3.63, 3.8) is 0 Å². The van der Waals surface area contributed by atoms with Gasteiger partial charge < -0.3 is 9.32 Å². The number of hydrogen-bond acceptors (Lipinski definition) is 5. The number of aromatic nitrogens is 2. The highest BCUT2D eigenvalue weighted by Crippen LogP contribution is 2.24. The Morgan fingerprint density at radius 3 is 2.56 bits per heavy atom. The Morgan fingerprint density at radius 1 is 1.24 bits per heavy atom. The molecule has 0 N–H and O–H groups in total. The minimum Gasteiger partial charge on any atom is -0.425 e. The zero-order valence-electron chi connectivity index (χ0n) is 14.2. The number of nitrogens with zero attached hydrogens (tertiary/aromatic N) is 4. The maximum absolute atomic E-state index is 14.0. The quantitative estimate of drug-likeness (QED) is 0.845. The molecular formula is C17H20F2N4O2. The number of carbonyl (C=O) groups excluding carboxylic acids is 1.